The lowest BCUT2D eigenvalue weighted by Crippen LogP contribution is -2.55. The van der Waals surface area contributed by atoms with Gasteiger partial charge in [-0.3, -0.25) is 4.79 Å². The summed E-state index contributed by atoms with van der Waals surface area (Å²) in [6.45, 7) is 1.47. The normalized spacial score (nSPS) is 18.7. The van der Waals surface area contributed by atoms with Crippen LogP contribution in [0.25, 0.3) is 10.9 Å². The summed E-state index contributed by atoms with van der Waals surface area (Å²) < 4.78 is 0. The Hall–Kier alpha value is -2.30. The molecule has 0 radical (unpaired) electrons. The molecule has 1 aliphatic rings. The highest BCUT2D eigenvalue weighted by molar-refractivity contribution is 6.30. The van der Waals surface area contributed by atoms with E-state index in [1.807, 2.05) is 24.3 Å². The number of para-hydroxylation sites is 1. The van der Waals surface area contributed by atoms with Crippen molar-refractivity contribution in [2.75, 3.05) is 13.1 Å². The minimum atomic E-state index is -0.229. The zero-order valence-corrected chi connectivity index (χ0v) is 15.2. The number of H-pyrrole nitrogens is 1. The number of aromatic amines is 1. The van der Waals surface area contributed by atoms with Crippen molar-refractivity contribution in [2.45, 2.75) is 24.8 Å². The highest BCUT2D eigenvalue weighted by atomic mass is 35.5. The third-order valence-corrected chi connectivity index (χ3v) is 5.38. The lowest BCUT2D eigenvalue weighted by atomic mass is 9.85. The van der Waals surface area contributed by atoms with Gasteiger partial charge in [0, 0.05) is 41.1 Å². The van der Waals surface area contributed by atoms with Gasteiger partial charge < -0.3 is 15.6 Å². The van der Waals surface area contributed by atoms with E-state index in [0.29, 0.717) is 11.6 Å². The first kappa shape index (κ1) is 17.1. The highest BCUT2D eigenvalue weighted by Crippen LogP contribution is 2.30. The molecule has 4 nitrogen and oxygen atoms in total. The number of aromatic nitrogens is 1. The Kier molecular flexibility index (Phi) is 4.96. The van der Waals surface area contributed by atoms with E-state index in [0.717, 1.165) is 30.5 Å². The molecule has 4 rings (SSSR count). The first-order valence-corrected chi connectivity index (χ1v) is 9.42. The van der Waals surface area contributed by atoms with Gasteiger partial charge in [-0.1, -0.05) is 41.9 Å². The SMILES string of the molecule is O=C1NCCN[C@H]1C(CCc1c[nH]c2ccccc12)c1cccc(Cl)c1. The molecular formula is C21H22ClN3O. The van der Waals surface area contributed by atoms with Gasteiger partial charge in [0.05, 0.1) is 6.04 Å². The molecule has 1 fully saturated rings. The molecule has 3 N–H and O–H groups in total. The number of amides is 1. The van der Waals surface area contributed by atoms with Crippen LogP contribution in [0.15, 0.2) is 54.7 Å². The van der Waals surface area contributed by atoms with Crippen molar-refractivity contribution in [1.82, 2.24) is 15.6 Å². The predicted octanol–water partition coefficient (Wildman–Crippen LogP) is 3.63. The summed E-state index contributed by atoms with van der Waals surface area (Å²) in [6, 6.07) is 16.0. The number of hydrogen-bond acceptors (Lipinski definition) is 2. The van der Waals surface area contributed by atoms with Gasteiger partial charge in [0.2, 0.25) is 5.91 Å². The van der Waals surface area contributed by atoms with E-state index in [9.17, 15) is 4.79 Å². The molecule has 1 unspecified atom stereocenters. The molecule has 2 atom stereocenters. The molecule has 1 aromatic heterocycles. The maximum absolute atomic E-state index is 12.5. The summed E-state index contributed by atoms with van der Waals surface area (Å²) in [4.78, 5) is 15.8. The number of halogens is 1. The van der Waals surface area contributed by atoms with Crippen LogP contribution in [-0.2, 0) is 11.2 Å². The number of benzene rings is 2. The predicted molar refractivity (Wildman–Crippen MR) is 106 cm³/mol. The summed E-state index contributed by atoms with van der Waals surface area (Å²) >= 11 is 6.22. The van der Waals surface area contributed by atoms with Crippen LogP contribution >= 0.6 is 11.6 Å². The van der Waals surface area contributed by atoms with Gasteiger partial charge >= 0.3 is 0 Å². The average molecular weight is 368 g/mol. The van der Waals surface area contributed by atoms with Crippen molar-refractivity contribution < 1.29 is 4.79 Å². The Balaban J connectivity index is 1.61. The van der Waals surface area contributed by atoms with Gasteiger partial charge in [0.1, 0.15) is 0 Å². The Morgan fingerprint density at radius 1 is 1.12 bits per heavy atom. The average Bonchev–Trinajstić information content (AvgIpc) is 3.07. The van der Waals surface area contributed by atoms with Crippen molar-refractivity contribution in [3.63, 3.8) is 0 Å². The number of carbonyl (C=O) groups is 1. The maximum Gasteiger partial charge on any atom is 0.237 e. The molecule has 0 bridgehead atoms. The van der Waals surface area contributed by atoms with Crippen molar-refractivity contribution in [3.05, 3.63) is 70.9 Å². The number of carbonyl (C=O) groups excluding carboxylic acids is 1. The topological polar surface area (TPSA) is 56.9 Å². The standard InChI is InChI=1S/C21H22ClN3O/c22-16-5-3-4-14(12-16)18(20-21(26)24-11-10-23-20)9-8-15-13-25-19-7-2-1-6-17(15)19/h1-7,12-13,18,20,23,25H,8-11H2,(H,24,26)/t18?,20-/m0/s1. The van der Waals surface area contributed by atoms with E-state index in [2.05, 4.69) is 46.1 Å². The zero-order chi connectivity index (χ0) is 17.9. The Morgan fingerprint density at radius 3 is 2.85 bits per heavy atom. The van der Waals surface area contributed by atoms with Crippen LogP contribution in [0.3, 0.4) is 0 Å². The van der Waals surface area contributed by atoms with Crippen molar-refractivity contribution in [3.8, 4) is 0 Å². The van der Waals surface area contributed by atoms with Crippen LogP contribution in [0.5, 0.6) is 0 Å². The summed E-state index contributed by atoms with van der Waals surface area (Å²) in [5.41, 5.74) is 3.53. The minimum absolute atomic E-state index is 0.0696. The van der Waals surface area contributed by atoms with Crippen LogP contribution in [0.1, 0.15) is 23.5 Å². The number of aryl methyl sites for hydroxylation is 1. The maximum atomic E-state index is 12.5. The van der Waals surface area contributed by atoms with Gasteiger partial charge in [-0.05, 0) is 42.2 Å². The van der Waals surface area contributed by atoms with E-state index in [1.165, 1.54) is 10.9 Å². The first-order valence-electron chi connectivity index (χ1n) is 9.04. The molecule has 2 heterocycles. The Bertz CT molecular complexity index is 920. The summed E-state index contributed by atoms with van der Waals surface area (Å²) in [5.74, 6) is 0.141. The van der Waals surface area contributed by atoms with E-state index in [1.54, 1.807) is 0 Å². The molecule has 0 saturated carbocycles. The van der Waals surface area contributed by atoms with Crippen LogP contribution in [0.2, 0.25) is 5.02 Å². The lowest BCUT2D eigenvalue weighted by molar-refractivity contribution is -0.124. The summed E-state index contributed by atoms with van der Waals surface area (Å²) in [5, 5.41) is 8.32. The number of fused-ring (bicyclic) bond motifs is 1. The van der Waals surface area contributed by atoms with E-state index < -0.39 is 0 Å². The van der Waals surface area contributed by atoms with Crippen LogP contribution < -0.4 is 10.6 Å². The van der Waals surface area contributed by atoms with Gasteiger partial charge in [-0.2, -0.15) is 0 Å². The zero-order valence-electron chi connectivity index (χ0n) is 14.5. The number of piperazine rings is 1. The fraction of sp³-hybridized carbons (Fsp3) is 0.286. The van der Waals surface area contributed by atoms with Gasteiger partial charge in [0.15, 0.2) is 0 Å². The second-order valence-electron chi connectivity index (χ2n) is 6.78. The fourth-order valence-corrected chi connectivity index (χ4v) is 4.05. The van der Waals surface area contributed by atoms with E-state index in [-0.39, 0.29) is 17.9 Å². The van der Waals surface area contributed by atoms with Gasteiger partial charge in [0.25, 0.3) is 0 Å². The number of rotatable bonds is 5. The molecule has 2 aromatic carbocycles. The molecule has 1 amide bonds. The third-order valence-electron chi connectivity index (χ3n) is 5.15. The lowest BCUT2D eigenvalue weighted by Gasteiger charge is -2.31. The van der Waals surface area contributed by atoms with Crippen molar-refractivity contribution >= 4 is 28.4 Å². The smallest absolute Gasteiger partial charge is 0.237 e. The fourth-order valence-electron chi connectivity index (χ4n) is 3.85. The van der Waals surface area contributed by atoms with Crippen LogP contribution in [-0.4, -0.2) is 30.0 Å². The quantitative estimate of drug-likeness (QED) is 0.645. The van der Waals surface area contributed by atoms with Crippen molar-refractivity contribution in [1.29, 1.82) is 0 Å². The molecule has 3 aromatic rings. The molecule has 0 spiro atoms. The third kappa shape index (κ3) is 3.48. The van der Waals surface area contributed by atoms with E-state index >= 15 is 0 Å². The monoisotopic (exact) mass is 367 g/mol. The van der Waals surface area contributed by atoms with Gasteiger partial charge in [-0.25, -0.2) is 0 Å². The first-order chi connectivity index (χ1) is 12.7. The highest BCUT2D eigenvalue weighted by Gasteiger charge is 2.31. The van der Waals surface area contributed by atoms with Crippen LogP contribution in [0.4, 0.5) is 0 Å². The molecule has 1 saturated heterocycles. The largest absolute Gasteiger partial charge is 0.361 e. The second-order valence-corrected chi connectivity index (χ2v) is 7.22. The van der Waals surface area contributed by atoms with Gasteiger partial charge in [-0.15, -0.1) is 0 Å². The molecule has 0 aliphatic carbocycles. The summed E-state index contributed by atoms with van der Waals surface area (Å²) in [7, 11) is 0. The minimum Gasteiger partial charge on any atom is -0.361 e. The second kappa shape index (κ2) is 7.52. The molecule has 26 heavy (non-hydrogen) atoms. The van der Waals surface area contributed by atoms with Crippen LogP contribution in [0, 0.1) is 0 Å². The molecule has 134 valence electrons. The molecule has 5 heteroatoms. The summed E-state index contributed by atoms with van der Waals surface area (Å²) in [6.07, 6.45) is 3.84. The van der Waals surface area contributed by atoms with E-state index in [4.69, 9.17) is 11.6 Å². The molecule has 1 aliphatic heterocycles. The number of hydrogen-bond donors (Lipinski definition) is 3. The Morgan fingerprint density at radius 2 is 2.00 bits per heavy atom. The Labute approximate surface area is 157 Å². The number of nitrogens with one attached hydrogen (secondary N) is 3. The molecular weight excluding hydrogens is 346 g/mol. The van der Waals surface area contributed by atoms with Crippen molar-refractivity contribution in [2.24, 2.45) is 0 Å².